The van der Waals surface area contributed by atoms with Crippen LogP contribution in [0, 0.1) is 0 Å². The van der Waals surface area contributed by atoms with Gasteiger partial charge >= 0.3 is 0 Å². The highest BCUT2D eigenvalue weighted by atomic mass is 14.9. The lowest BCUT2D eigenvalue weighted by atomic mass is 9.87. The fourth-order valence-corrected chi connectivity index (χ4v) is 0.587. The van der Waals surface area contributed by atoms with Crippen molar-refractivity contribution in [3.05, 3.63) is 18.2 Å². The first kappa shape index (κ1) is 5.41. The lowest BCUT2D eigenvalue weighted by Gasteiger charge is -1.93. The Balaban J connectivity index is 2.77. The van der Waals surface area contributed by atoms with Crippen LogP contribution in [0.4, 0.5) is 0 Å². The van der Waals surface area contributed by atoms with Crippen LogP contribution >= 0.6 is 0 Å². The number of hydrogen-bond donors (Lipinski definition) is 1. The zero-order valence-corrected chi connectivity index (χ0v) is 5.18. The highest BCUT2D eigenvalue weighted by Gasteiger charge is 1.97. The van der Waals surface area contributed by atoms with Crippen LogP contribution in [-0.2, 0) is 0 Å². The van der Waals surface area contributed by atoms with E-state index in [2.05, 4.69) is 24.7 Å². The number of rotatable bonds is 1. The molecule has 1 rings (SSSR count). The summed E-state index contributed by atoms with van der Waals surface area (Å²) in [5.41, 5.74) is 1.13. The molecular weight excluding hydrogens is 98.9 g/mol. The Labute approximate surface area is 49.7 Å². The molecule has 0 aliphatic rings. The maximum Gasteiger partial charge on any atom is 0.112 e. The minimum atomic E-state index is 0.543. The van der Waals surface area contributed by atoms with Gasteiger partial charge in [0.15, 0.2) is 0 Å². The van der Waals surface area contributed by atoms with Crippen molar-refractivity contribution in [1.82, 2.24) is 9.97 Å². The van der Waals surface area contributed by atoms with Gasteiger partial charge in [0.25, 0.3) is 0 Å². The monoisotopic (exact) mass is 108 g/mol. The van der Waals surface area contributed by atoms with E-state index in [1.807, 2.05) is 6.20 Å². The topological polar surface area (TPSA) is 28.7 Å². The van der Waals surface area contributed by atoms with Crippen LogP contribution in [0.3, 0.4) is 0 Å². The molecule has 0 spiro atoms. The van der Waals surface area contributed by atoms with Crippen molar-refractivity contribution in [2.24, 2.45) is 0 Å². The van der Waals surface area contributed by atoms with Gasteiger partial charge in [-0.05, 0) is 5.82 Å². The van der Waals surface area contributed by atoms with Crippen molar-refractivity contribution in [1.29, 1.82) is 0 Å². The molecule has 1 heterocycles. The first-order valence-corrected chi connectivity index (χ1v) is 2.79. The predicted octanol–water partition coefficient (Wildman–Crippen LogP) is 0.104. The Morgan fingerprint density at radius 2 is 2.62 bits per heavy atom. The molecular formula is C5H9BN2. The van der Waals surface area contributed by atoms with Gasteiger partial charge in [-0.3, -0.25) is 0 Å². The van der Waals surface area contributed by atoms with Crippen molar-refractivity contribution in [3.63, 3.8) is 0 Å². The molecule has 0 bridgehead atoms. The Kier molecular flexibility index (Phi) is 1.37. The van der Waals surface area contributed by atoms with Crippen molar-refractivity contribution >= 4 is 7.85 Å². The fourth-order valence-electron chi connectivity index (χ4n) is 0.587. The van der Waals surface area contributed by atoms with Crippen LogP contribution in [-0.4, -0.2) is 17.8 Å². The third-order valence-electron chi connectivity index (χ3n) is 1.11. The molecule has 1 atom stereocenters. The summed E-state index contributed by atoms with van der Waals surface area (Å²) in [7, 11) is 2.12. The number of nitrogens with one attached hydrogen (secondary N) is 1. The number of aromatic nitrogens is 2. The van der Waals surface area contributed by atoms with Gasteiger partial charge in [-0.2, -0.15) is 0 Å². The molecule has 0 aliphatic carbocycles. The summed E-state index contributed by atoms with van der Waals surface area (Å²) in [6.45, 7) is 2.12. The highest BCUT2D eigenvalue weighted by molar-refractivity contribution is 6.11. The molecule has 0 amide bonds. The van der Waals surface area contributed by atoms with E-state index in [9.17, 15) is 0 Å². The minimum absolute atomic E-state index is 0.543. The summed E-state index contributed by atoms with van der Waals surface area (Å²) in [5, 5.41) is 0. The molecule has 1 N–H and O–H groups in total. The first-order chi connectivity index (χ1) is 3.80. The number of H-pyrrole nitrogens is 1. The molecule has 0 saturated carbocycles. The van der Waals surface area contributed by atoms with Gasteiger partial charge in [0.05, 0.1) is 12.0 Å². The Bertz CT molecular complexity index is 145. The second-order valence-electron chi connectivity index (χ2n) is 2.15. The van der Waals surface area contributed by atoms with Gasteiger partial charge < -0.3 is 4.98 Å². The zero-order valence-electron chi connectivity index (χ0n) is 5.18. The molecule has 8 heavy (non-hydrogen) atoms. The molecule has 1 aromatic rings. The third-order valence-corrected chi connectivity index (χ3v) is 1.11. The van der Waals surface area contributed by atoms with Gasteiger partial charge in [-0.15, -0.1) is 0 Å². The average molecular weight is 108 g/mol. The zero-order chi connectivity index (χ0) is 5.98. The quantitative estimate of drug-likeness (QED) is 0.508. The van der Waals surface area contributed by atoms with Gasteiger partial charge in [-0.25, -0.2) is 4.98 Å². The van der Waals surface area contributed by atoms with Crippen molar-refractivity contribution < 1.29 is 0 Å². The number of nitrogens with zero attached hydrogens (tertiary/aromatic N) is 1. The maximum absolute atomic E-state index is 4.06. The average Bonchev–Trinajstić information content (AvgIpc) is 2.12. The van der Waals surface area contributed by atoms with E-state index in [-0.39, 0.29) is 0 Å². The van der Waals surface area contributed by atoms with Crippen molar-refractivity contribution in [2.75, 3.05) is 0 Å². The summed E-state index contributed by atoms with van der Waals surface area (Å²) in [4.78, 5) is 6.96. The fraction of sp³-hybridized carbons (Fsp3) is 0.400. The van der Waals surface area contributed by atoms with Crippen molar-refractivity contribution in [3.8, 4) is 0 Å². The molecule has 0 radical (unpaired) electrons. The van der Waals surface area contributed by atoms with E-state index < -0.39 is 0 Å². The number of imidazole rings is 1. The van der Waals surface area contributed by atoms with Crippen LogP contribution in [0.1, 0.15) is 18.4 Å². The Hall–Kier alpha value is -0.725. The van der Waals surface area contributed by atoms with Crippen LogP contribution in [0.25, 0.3) is 0 Å². The number of hydrogen-bond acceptors (Lipinski definition) is 1. The smallest absolute Gasteiger partial charge is 0.112 e. The van der Waals surface area contributed by atoms with Crippen LogP contribution < -0.4 is 0 Å². The standard InChI is InChI=1S/C5H9BN2/c1-4(6)5-2-7-3-8-5/h2-4H,6H2,1H3,(H,7,8)/t4-/m0/s1. The molecule has 42 valence electrons. The van der Waals surface area contributed by atoms with E-state index >= 15 is 0 Å². The van der Waals surface area contributed by atoms with Gasteiger partial charge in [0.2, 0.25) is 0 Å². The van der Waals surface area contributed by atoms with Gasteiger partial charge in [0.1, 0.15) is 7.85 Å². The van der Waals surface area contributed by atoms with E-state index in [1.165, 1.54) is 0 Å². The third kappa shape index (κ3) is 0.913. The molecule has 0 unspecified atom stereocenters. The second kappa shape index (κ2) is 2.03. The first-order valence-electron chi connectivity index (χ1n) is 2.79. The van der Waals surface area contributed by atoms with Gasteiger partial charge in [-0.1, -0.05) is 6.92 Å². The van der Waals surface area contributed by atoms with E-state index in [4.69, 9.17) is 0 Å². The van der Waals surface area contributed by atoms with Crippen LogP contribution in [0.15, 0.2) is 12.5 Å². The Morgan fingerprint density at radius 3 is 2.88 bits per heavy atom. The number of aromatic amines is 1. The lowest BCUT2D eigenvalue weighted by Crippen LogP contribution is -1.89. The Morgan fingerprint density at radius 1 is 1.88 bits per heavy atom. The normalized spacial score (nSPS) is 13.6. The SMILES string of the molecule is B[C@@H](C)c1c[nH]cn1. The molecule has 0 aromatic carbocycles. The second-order valence-corrected chi connectivity index (χ2v) is 2.15. The summed E-state index contributed by atoms with van der Waals surface area (Å²) < 4.78 is 0. The van der Waals surface area contributed by atoms with E-state index in [0.29, 0.717) is 5.82 Å². The molecule has 1 aromatic heterocycles. The molecule has 2 nitrogen and oxygen atoms in total. The van der Waals surface area contributed by atoms with E-state index in [1.54, 1.807) is 6.33 Å². The van der Waals surface area contributed by atoms with E-state index in [0.717, 1.165) is 5.69 Å². The summed E-state index contributed by atoms with van der Waals surface area (Å²) in [6, 6.07) is 0. The summed E-state index contributed by atoms with van der Waals surface area (Å²) in [5.74, 6) is 0.543. The molecule has 3 heteroatoms. The van der Waals surface area contributed by atoms with Gasteiger partial charge in [0, 0.05) is 6.20 Å². The van der Waals surface area contributed by atoms with Crippen molar-refractivity contribution in [2.45, 2.75) is 12.7 Å². The summed E-state index contributed by atoms with van der Waals surface area (Å²) in [6.07, 6.45) is 3.62. The van der Waals surface area contributed by atoms with Crippen LogP contribution in [0.2, 0.25) is 0 Å². The molecule has 0 saturated heterocycles. The summed E-state index contributed by atoms with van der Waals surface area (Å²) >= 11 is 0. The van der Waals surface area contributed by atoms with Crippen LogP contribution in [0.5, 0.6) is 0 Å². The molecule has 0 aliphatic heterocycles. The highest BCUT2D eigenvalue weighted by Crippen LogP contribution is 2.03. The largest absolute Gasteiger partial charge is 0.351 e. The minimum Gasteiger partial charge on any atom is -0.351 e. The maximum atomic E-state index is 4.06. The lowest BCUT2D eigenvalue weighted by molar-refractivity contribution is 1.02. The molecule has 0 fully saturated rings. The predicted molar refractivity (Wildman–Crippen MR) is 35.5 cm³/mol.